The van der Waals surface area contributed by atoms with Crippen LogP contribution in [0.4, 0.5) is 0 Å². The van der Waals surface area contributed by atoms with Crippen molar-refractivity contribution in [2.24, 2.45) is 5.73 Å². The van der Waals surface area contributed by atoms with Crippen molar-refractivity contribution in [2.45, 2.75) is 32.1 Å². The Hall–Kier alpha value is -3.72. The molecular weight excluding hydrogens is 414 g/mol. The van der Waals surface area contributed by atoms with E-state index in [9.17, 15) is 19.2 Å². The van der Waals surface area contributed by atoms with Gasteiger partial charge in [0.05, 0.1) is 0 Å². The molecule has 3 rings (SSSR count). The third kappa shape index (κ3) is 9.40. The molecule has 1 heterocycles. The number of rotatable bonds is 8. The largest absolute Gasteiger partial charge is 0.461 e. The Labute approximate surface area is 186 Å². The molecule has 2 aromatic rings. The first-order chi connectivity index (χ1) is 15.5. The van der Waals surface area contributed by atoms with Gasteiger partial charge in [-0.1, -0.05) is 60.7 Å². The molecule has 9 nitrogen and oxygen atoms in total. The summed E-state index contributed by atoms with van der Waals surface area (Å²) in [6, 6.07) is 17.9. The fraction of sp³-hybridized carbons (Fsp3) is 0.304. The lowest BCUT2D eigenvalue weighted by atomic mass is 10.1. The minimum absolute atomic E-state index is 0.0778. The van der Waals surface area contributed by atoms with E-state index in [2.05, 4.69) is 10.6 Å². The van der Waals surface area contributed by atoms with Crippen molar-refractivity contribution in [2.75, 3.05) is 13.1 Å². The smallest absolute Gasteiger partial charge is 0.323 e. The molecule has 2 amide bonds. The molecule has 1 fully saturated rings. The molecule has 1 aliphatic heterocycles. The topological polar surface area (TPSA) is 137 Å². The Morgan fingerprint density at radius 3 is 1.75 bits per heavy atom. The Bertz CT molecular complexity index is 873. The summed E-state index contributed by atoms with van der Waals surface area (Å²) in [5.74, 6) is -1.97. The first kappa shape index (κ1) is 24.5. The number of hydrogen-bond acceptors (Lipinski definition) is 7. The molecular formula is C23H27N3O6. The van der Waals surface area contributed by atoms with Gasteiger partial charge >= 0.3 is 23.8 Å². The SMILES string of the molecule is N[C@@H](CCC(=O)OCc1ccccc1)C(=O)OCc1ccccc1.O=C1NCCNC1=O. The van der Waals surface area contributed by atoms with Gasteiger partial charge in [0.15, 0.2) is 0 Å². The van der Waals surface area contributed by atoms with Crippen LogP contribution in [-0.2, 0) is 41.9 Å². The molecule has 0 spiro atoms. The summed E-state index contributed by atoms with van der Waals surface area (Å²) < 4.78 is 10.3. The van der Waals surface area contributed by atoms with Crippen LogP contribution in [0.1, 0.15) is 24.0 Å². The molecule has 0 saturated carbocycles. The monoisotopic (exact) mass is 441 g/mol. The van der Waals surface area contributed by atoms with E-state index in [4.69, 9.17) is 15.2 Å². The van der Waals surface area contributed by atoms with Gasteiger partial charge < -0.3 is 25.8 Å². The van der Waals surface area contributed by atoms with Crippen LogP contribution in [0.3, 0.4) is 0 Å². The predicted molar refractivity (Wildman–Crippen MR) is 116 cm³/mol. The van der Waals surface area contributed by atoms with Crippen molar-refractivity contribution in [3.63, 3.8) is 0 Å². The molecule has 170 valence electrons. The highest BCUT2D eigenvalue weighted by molar-refractivity contribution is 6.35. The zero-order valence-electron chi connectivity index (χ0n) is 17.6. The van der Waals surface area contributed by atoms with Crippen LogP contribution < -0.4 is 16.4 Å². The minimum Gasteiger partial charge on any atom is -0.461 e. The fourth-order valence-corrected chi connectivity index (χ4v) is 2.55. The van der Waals surface area contributed by atoms with Gasteiger partial charge in [0.1, 0.15) is 19.3 Å². The minimum atomic E-state index is -0.835. The molecule has 0 radical (unpaired) electrons. The molecule has 32 heavy (non-hydrogen) atoms. The van der Waals surface area contributed by atoms with E-state index >= 15 is 0 Å². The van der Waals surface area contributed by atoms with Crippen LogP contribution >= 0.6 is 0 Å². The molecule has 1 saturated heterocycles. The second-order valence-electron chi connectivity index (χ2n) is 6.90. The zero-order valence-corrected chi connectivity index (χ0v) is 17.6. The van der Waals surface area contributed by atoms with Crippen LogP contribution in [0.2, 0.25) is 0 Å². The highest BCUT2D eigenvalue weighted by Gasteiger charge is 2.17. The van der Waals surface area contributed by atoms with Gasteiger partial charge in [-0.05, 0) is 17.5 Å². The number of piperazine rings is 1. The molecule has 0 aromatic heterocycles. The quantitative estimate of drug-likeness (QED) is 0.407. The number of nitrogens with two attached hydrogens (primary N) is 1. The average Bonchev–Trinajstić information content (AvgIpc) is 2.83. The molecule has 9 heteroatoms. The third-order valence-electron chi connectivity index (χ3n) is 4.33. The first-order valence-corrected chi connectivity index (χ1v) is 10.2. The molecule has 1 aliphatic rings. The maximum atomic E-state index is 11.8. The van der Waals surface area contributed by atoms with E-state index < -0.39 is 23.8 Å². The zero-order chi connectivity index (χ0) is 23.2. The molecule has 1 atom stereocenters. The summed E-state index contributed by atoms with van der Waals surface area (Å²) in [4.78, 5) is 44.0. The van der Waals surface area contributed by atoms with Gasteiger partial charge in [-0.2, -0.15) is 0 Å². The van der Waals surface area contributed by atoms with Crippen molar-refractivity contribution in [3.8, 4) is 0 Å². The summed E-state index contributed by atoms with van der Waals surface area (Å²) in [6.07, 6.45) is 0.273. The van der Waals surface area contributed by atoms with Gasteiger partial charge in [-0.3, -0.25) is 19.2 Å². The van der Waals surface area contributed by atoms with E-state index in [1.807, 2.05) is 60.7 Å². The lowest BCUT2D eigenvalue weighted by Crippen LogP contribution is -2.49. The van der Waals surface area contributed by atoms with E-state index in [1.54, 1.807) is 0 Å². The van der Waals surface area contributed by atoms with Gasteiger partial charge in [0.25, 0.3) is 0 Å². The van der Waals surface area contributed by atoms with Crippen LogP contribution in [0.15, 0.2) is 60.7 Å². The van der Waals surface area contributed by atoms with Crippen molar-refractivity contribution in [1.82, 2.24) is 10.6 Å². The highest BCUT2D eigenvalue weighted by atomic mass is 16.5. The highest BCUT2D eigenvalue weighted by Crippen LogP contribution is 2.06. The number of benzene rings is 2. The number of ether oxygens (including phenoxy) is 2. The van der Waals surface area contributed by atoms with Gasteiger partial charge in [-0.15, -0.1) is 0 Å². The van der Waals surface area contributed by atoms with Crippen molar-refractivity contribution < 1.29 is 28.7 Å². The number of esters is 2. The first-order valence-electron chi connectivity index (χ1n) is 10.2. The summed E-state index contributed by atoms with van der Waals surface area (Å²) in [5.41, 5.74) is 7.56. The molecule has 4 N–H and O–H groups in total. The number of hydrogen-bond donors (Lipinski definition) is 3. The molecule has 0 bridgehead atoms. The Balaban J connectivity index is 0.000000380. The van der Waals surface area contributed by atoms with Crippen LogP contribution in [-0.4, -0.2) is 42.9 Å². The number of amides is 2. The van der Waals surface area contributed by atoms with Gasteiger partial charge in [0, 0.05) is 19.5 Å². The average molecular weight is 441 g/mol. The fourth-order valence-electron chi connectivity index (χ4n) is 2.55. The number of carbonyl (C=O) groups is 4. The summed E-state index contributed by atoms with van der Waals surface area (Å²) in [6.45, 7) is 1.48. The lowest BCUT2D eigenvalue weighted by molar-refractivity contribution is -0.148. The standard InChI is InChI=1S/C19H21NO4.C4H6N2O2/c20-17(19(22)24-14-16-9-5-2-6-10-16)11-12-18(21)23-13-15-7-3-1-4-8-15;7-3-4(8)6-2-1-5-3/h1-10,17H,11-14,20H2;1-2H2,(H,5,7)(H,6,8)/t17-;/m0./s1. The van der Waals surface area contributed by atoms with Crippen LogP contribution in [0.25, 0.3) is 0 Å². The molecule has 0 unspecified atom stereocenters. The number of carbonyl (C=O) groups excluding carboxylic acids is 4. The van der Waals surface area contributed by atoms with E-state index in [0.29, 0.717) is 13.1 Å². The van der Waals surface area contributed by atoms with Crippen LogP contribution in [0.5, 0.6) is 0 Å². The van der Waals surface area contributed by atoms with Crippen LogP contribution in [0, 0.1) is 0 Å². The lowest BCUT2D eigenvalue weighted by Gasteiger charge is -2.11. The predicted octanol–water partition coefficient (Wildman–Crippen LogP) is 0.813. The summed E-state index contributed by atoms with van der Waals surface area (Å²) in [7, 11) is 0. The van der Waals surface area contributed by atoms with E-state index in [-0.39, 0.29) is 32.0 Å². The Kier molecular flexibility index (Phi) is 10.4. The van der Waals surface area contributed by atoms with Crippen molar-refractivity contribution in [3.05, 3.63) is 71.8 Å². The normalized spacial score (nSPS) is 13.5. The second kappa shape index (κ2) is 13.6. The maximum absolute atomic E-state index is 11.8. The van der Waals surface area contributed by atoms with Crippen molar-refractivity contribution in [1.29, 1.82) is 0 Å². The van der Waals surface area contributed by atoms with Gasteiger partial charge in [0.2, 0.25) is 0 Å². The van der Waals surface area contributed by atoms with Crippen molar-refractivity contribution >= 4 is 23.8 Å². The molecule has 0 aliphatic carbocycles. The van der Waals surface area contributed by atoms with Gasteiger partial charge in [-0.25, -0.2) is 0 Å². The van der Waals surface area contributed by atoms with E-state index in [0.717, 1.165) is 11.1 Å². The summed E-state index contributed by atoms with van der Waals surface area (Å²) >= 11 is 0. The second-order valence-corrected chi connectivity index (χ2v) is 6.90. The maximum Gasteiger partial charge on any atom is 0.323 e. The molecule has 2 aromatic carbocycles. The number of nitrogens with one attached hydrogen (secondary N) is 2. The third-order valence-corrected chi connectivity index (χ3v) is 4.33. The summed E-state index contributed by atoms with van der Waals surface area (Å²) in [5, 5.41) is 4.76. The Morgan fingerprint density at radius 2 is 1.28 bits per heavy atom. The van der Waals surface area contributed by atoms with E-state index in [1.165, 1.54) is 0 Å². The Morgan fingerprint density at radius 1 is 0.812 bits per heavy atom.